The number of hydrogen-bond acceptors (Lipinski definition) is 2. The number of hydrogen-bond donors (Lipinski definition) is 1. The summed E-state index contributed by atoms with van der Waals surface area (Å²) < 4.78 is 1.86. The van der Waals surface area contributed by atoms with Gasteiger partial charge in [-0.2, -0.15) is 5.10 Å². The lowest BCUT2D eigenvalue weighted by Gasteiger charge is -2.20. The first-order valence-corrected chi connectivity index (χ1v) is 5.56. The number of halogens is 1. The molecule has 0 bridgehead atoms. The summed E-state index contributed by atoms with van der Waals surface area (Å²) >= 11 is 5.87. The lowest BCUT2D eigenvalue weighted by Crippen LogP contribution is -2.17. The van der Waals surface area contributed by atoms with Crippen LogP contribution in [-0.4, -0.2) is 9.78 Å². The first kappa shape index (κ1) is 9.84. The van der Waals surface area contributed by atoms with Gasteiger partial charge in [0.05, 0.1) is 12.2 Å². The first-order valence-electron chi connectivity index (χ1n) is 5.18. The Kier molecular flexibility index (Phi) is 2.68. The molecule has 1 saturated carbocycles. The highest BCUT2D eigenvalue weighted by Crippen LogP contribution is 2.35. The van der Waals surface area contributed by atoms with Crippen LogP contribution in [0.2, 0.25) is 5.02 Å². The van der Waals surface area contributed by atoms with Crippen molar-refractivity contribution in [3.05, 3.63) is 11.2 Å². The predicted molar refractivity (Wildman–Crippen MR) is 58.3 cm³/mol. The summed E-state index contributed by atoms with van der Waals surface area (Å²) in [6.45, 7) is 2.18. The van der Waals surface area contributed by atoms with Gasteiger partial charge in [0.1, 0.15) is 10.8 Å². The van der Waals surface area contributed by atoms with Gasteiger partial charge in [0.2, 0.25) is 0 Å². The largest absolute Gasteiger partial charge is 0.383 e. The van der Waals surface area contributed by atoms with E-state index in [0.29, 0.717) is 22.8 Å². The number of aromatic nitrogens is 2. The maximum atomic E-state index is 5.87. The Morgan fingerprint density at radius 2 is 2.21 bits per heavy atom. The molecule has 0 saturated heterocycles. The summed E-state index contributed by atoms with van der Waals surface area (Å²) in [5.41, 5.74) is 5.84. The highest BCUT2D eigenvalue weighted by molar-refractivity contribution is 6.32. The molecule has 14 heavy (non-hydrogen) atoms. The van der Waals surface area contributed by atoms with Crippen LogP contribution in [0.25, 0.3) is 0 Å². The molecule has 0 amide bonds. The highest BCUT2D eigenvalue weighted by Gasteiger charge is 2.24. The molecule has 1 heterocycles. The van der Waals surface area contributed by atoms with Crippen molar-refractivity contribution >= 4 is 17.4 Å². The topological polar surface area (TPSA) is 43.8 Å². The van der Waals surface area contributed by atoms with Crippen molar-refractivity contribution < 1.29 is 0 Å². The maximum absolute atomic E-state index is 5.87. The van der Waals surface area contributed by atoms with Crippen LogP contribution in [-0.2, 0) is 0 Å². The normalized spacial score (nSPS) is 20.1. The quantitative estimate of drug-likeness (QED) is 0.821. The van der Waals surface area contributed by atoms with Gasteiger partial charge in [0, 0.05) is 0 Å². The van der Waals surface area contributed by atoms with E-state index in [9.17, 15) is 0 Å². The molecule has 1 aromatic rings. The minimum atomic E-state index is 0.380. The van der Waals surface area contributed by atoms with Crippen molar-refractivity contribution in [1.29, 1.82) is 0 Å². The SMILES string of the molecule is CC(C1CCCC1)n1ncc(Cl)c1N. The number of anilines is 1. The van der Waals surface area contributed by atoms with Gasteiger partial charge in [-0.15, -0.1) is 0 Å². The van der Waals surface area contributed by atoms with E-state index in [2.05, 4.69) is 12.0 Å². The lowest BCUT2D eigenvalue weighted by atomic mass is 10.0. The average Bonchev–Trinajstić information content (AvgIpc) is 2.77. The van der Waals surface area contributed by atoms with Crippen LogP contribution in [0.1, 0.15) is 38.6 Å². The molecule has 3 nitrogen and oxygen atoms in total. The molecule has 1 aliphatic rings. The fraction of sp³-hybridized carbons (Fsp3) is 0.700. The molecule has 0 aromatic carbocycles. The second kappa shape index (κ2) is 3.81. The third kappa shape index (κ3) is 1.61. The van der Waals surface area contributed by atoms with E-state index < -0.39 is 0 Å². The van der Waals surface area contributed by atoms with E-state index in [4.69, 9.17) is 17.3 Å². The Morgan fingerprint density at radius 3 is 2.71 bits per heavy atom. The summed E-state index contributed by atoms with van der Waals surface area (Å²) in [5.74, 6) is 1.32. The number of nitrogens with zero attached hydrogens (tertiary/aromatic N) is 2. The average molecular weight is 214 g/mol. The van der Waals surface area contributed by atoms with Crippen LogP contribution in [0.3, 0.4) is 0 Å². The summed E-state index contributed by atoms with van der Waals surface area (Å²) in [6, 6.07) is 0.380. The molecule has 1 unspecified atom stereocenters. The Hall–Kier alpha value is -0.700. The Bertz CT molecular complexity index is 315. The van der Waals surface area contributed by atoms with Gasteiger partial charge in [0.15, 0.2) is 0 Å². The molecular weight excluding hydrogens is 198 g/mol. The zero-order valence-corrected chi connectivity index (χ0v) is 9.17. The second-order valence-corrected chi connectivity index (χ2v) is 4.51. The van der Waals surface area contributed by atoms with Gasteiger partial charge in [-0.25, -0.2) is 4.68 Å². The van der Waals surface area contributed by atoms with Gasteiger partial charge in [-0.05, 0) is 25.7 Å². The van der Waals surface area contributed by atoms with E-state index in [-0.39, 0.29) is 0 Å². The van der Waals surface area contributed by atoms with Gasteiger partial charge in [-0.3, -0.25) is 0 Å². The fourth-order valence-electron chi connectivity index (χ4n) is 2.31. The van der Waals surface area contributed by atoms with Crippen molar-refractivity contribution in [2.75, 3.05) is 5.73 Å². The van der Waals surface area contributed by atoms with Crippen molar-refractivity contribution in [2.24, 2.45) is 5.92 Å². The van der Waals surface area contributed by atoms with E-state index in [1.165, 1.54) is 25.7 Å². The molecule has 78 valence electrons. The van der Waals surface area contributed by atoms with Crippen LogP contribution >= 0.6 is 11.6 Å². The standard InChI is InChI=1S/C10H16ClN3/c1-7(8-4-2-3-5-8)14-10(12)9(11)6-13-14/h6-8H,2-5,12H2,1H3. The smallest absolute Gasteiger partial charge is 0.140 e. The van der Waals surface area contributed by atoms with E-state index in [1.807, 2.05) is 4.68 Å². The number of rotatable bonds is 2. The minimum Gasteiger partial charge on any atom is -0.383 e. The Labute approximate surface area is 89.2 Å². The molecule has 2 rings (SSSR count). The van der Waals surface area contributed by atoms with Gasteiger partial charge in [-0.1, -0.05) is 24.4 Å². The predicted octanol–water partition coefficient (Wildman–Crippen LogP) is 2.87. The third-order valence-corrected chi connectivity index (χ3v) is 3.55. The Morgan fingerprint density at radius 1 is 1.57 bits per heavy atom. The van der Waals surface area contributed by atoms with Crippen molar-refractivity contribution in [3.8, 4) is 0 Å². The summed E-state index contributed by atoms with van der Waals surface area (Å²) in [5, 5.41) is 4.78. The molecule has 1 fully saturated rings. The van der Waals surface area contributed by atoms with E-state index >= 15 is 0 Å². The van der Waals surface area contributed by atoms with Crippen molar-refractivity contribution in [2.45, 2.75) is 38.6 Å². The zero-order valence-electron chi connectivity index (χ0n) is 8.41. The molecule has 2 N–H and O–H groups in total. The van der Waals surface area contributed by atoms with Crippen LogP contribution in [0.5, 0.6) is 0 Å². The van der Waals surface area contributed by atoms with Gasteiger partial charge >= 0.3 is 0 Å². The molecule has 0 spiro atoms. The molecule has 1 aliphatic carbocycles. The van der Waals surface area contributed by atoms with Gasteiger partial charge in [0.25, 0.3) is 0 Å². The molecule has 0 radical (unpaired) electrons. The summed E-state index contributed by atoms with van der Waals surface area (Å²) in [4.78, 5) is 0. The minimum absolute atomic E-state index is 0.380. The monoisotopic (exact) mass is 213 g/mol. The van der Waals surface area contributed by atoms with Crippen LogP contribution in [0.4, 0.5) is 5.82 Å². The molecule has 1 aromatic heterocycles. The summed E-state index contributed by atoms with van der Waals surface area (Å²) in [6.07, 6.45) is 6.88. The second-order valence-electron chi connectivity index (χ2n) is 4.11. The number of nitrogen functional groups attached to an aromatic ring is 1. The van der Waals surface area contributed by atoms with Crippen molar-refractivity contribution in [1.82, 2.24) is 9.78 Å². The van der Waals surface area contributed by atoms with Gasteiger partial charge < -0.3 is 5.73 Å². The number of nitrogens with two attached hydrogens (primary N) is 1. The molecule has 1 atom stereocenters. The molecular formula is C10H16ClN3. The first-order chi connectivity index (χ1) is 6.70. The van der Waals surface area contributed by atoms with Crippen LogP contribution < -0.4 is 5.73 Å². The maximum Gasteiger partial charge on any atom is 0.140 e. The van der Waals surface area contributed by atoms with Crippen LogP contribution in [0, 0.1) is 5.92 Å². The van der Waals surface area contributed by atoms with Crippen LogP contribution in [0.15, 0.2) is 6.20 Å². The van der Waals surface area contributed by atoms with E-state index in [1.54, 1.807) is 6.20 Å². The third-order valence-electron chi connectivity index (χ3n) is 3.25. The highest BCUT2D eigenvalue weighted by atomic mass is 35.5. The van der Waals surface area contributed by atoms with Crippen molar-refractivity contribution in [3.63, 3.8) is 0 Å². The molecule has 4 heteroatoms. The van der Waals surface area contributed by atoms with E-state index in [0.717, 1.165) is 0 Å². The Balaban J connectivity index is 2.17. The lowest BCUT2D eigenvalue weighted by molar-refractivity contribution is 0.339. The fourth-order valence-corrected chi connectivity index (χ4v) is 2.44. The summed E-state index contributed by atoms with van der Waals surface area (Å²) in [7, 11) is 0. The molecule has 0 aliphatic heterocycles. The zero-order chi connectivity index (χ0) is 10.1.